The fraction of sp³-hybridized carbons (Fsp3) is 0. The predicted octanol–water partition coefficient (Wildman–Crippen LogP) is 1.07. The molecule has 0 aliphatic heterocycles. The molecule has 0 spiro atoms. The van der Waals surface area contributed by atoms with E-state index in [0.29, 0.717) is 5.82 Å². The van der Waals surface area contributed by atoms with Gasteiger partial charge in [0.05, 0.1) is 12.5 Å². The molecule has 36 valence electrons. The number of H-pyrrole nitrogens is 1. The van der Waals surface area contributed by atoms with E-state index < -0.39 is 0 Å². The van der Waals surface area contributed by atoms with E-state index in [4.69, 9.17) is 5.53 Å². The first-order chi connectivity index (χ1) is 3.43. The van der Waals surface area contributed by atoms with E-state index in [1.54, 1.807) is 0 Å². The molecule has 0 aromatic carbocycles. The molecule has 1 rings (SSSR count). The Balaban J connectivity index is 2.96. The normalized spacial score (nSPS) is 8.57. The second-order valence-corrected chi connectivity index (χ2v) is 1.05. The number of hydrogen-bond donors (Lipinski definition) is 2. The van der Waals surface area contributed by atoms with Crippen molar-refractivity contribution in [1.82, 2.24) is 9.97 Å². The monoisotopic (exact) mass is 96.0 g/mol. The average Bonchev–Trinajstić information content (AvgIpc) is 2.14. The maximum Gasteiger partial charge on any atom is 0.171 e. The van der Waals surface area contributed by atoms with E-state index in [1.807, 2.05) is 0 Å². The Morgan fingerprint density at radius 2 is 2.71 bits per heavy atom. The zero-order chi connectivity index (χ0) is 5.11. The van der Waals surface area contributed by atoms with Crippen LogP contribution in [0.15, 0.2) is 17.6 Å². The summed E-state index contributed by atoms with van der Waals surface area (Å²) in [6.45, 7) is 0. The van der Waals surface area contributed by atoms with Crippen LogP contribution in [0.1, 0.15) is 0 Å². The van der Waals surface area contributed by atoms with Gasteiger partial charge < -0.3 is 4.98 Å². The molecule has 1 heterocycles. The zero-order valence-electron chi connectivity index (χ0n) is 3.55. The Labute approximate surface area is 40.1 Å². The van der Waals surface area contributed by atoms with Gasteiger partial charge in [-0.15, -0.1) is 5.11 Å². The lowest BCUT2D eigenvalue weighted by Crippen LogP contribution is -1.51. The number of nitrogens with zero attached hydrogens (tertiary/aromatic N) is 2. The molecule has 1 aromatic heterocycles. The van der Waals surface area contributed by atoms with Gasteiger partial charge in [0, 0.05) is 0 Å². The van der Waals surface area contributed by atoms with Gasteiger partial charge in [-0.25, -0.2) is 10.5 Å². The first-order valence-electron chi connectivity index (χ1n) is 1.79. The highest BCUT2D eigenvalue weighted by Crippen LogP contribution is 1.99. The number of aromatic amines is 1. The Hall–Kier alpha value is -1.19. The molecule has 0 saturated heterocycles. The van der Waals surface area contributed by atoms with Gasteiger partial charge in [-0.1, -0.05) is 0 Å². The van der Waals surface area contributed by atoms with Crippen molar-refractivity contribution in [3.8, 4) is 0 Å². The van der Waals surface area contributed by atoms with Crippen molar-refractivity contribution in [3.05, 3.63) is 12.5 Å². The van der Waals surface area contributed by atoms with E-state index in [1.165, 1.54) is 12.5 Å². The van der Waals surface area contributed by atoms with Crippen molar-refractivity contribution in [2.24, 2.45) is 5.11 Å². The van der Waals surface area contributed by atoms with Crippen LogP contribution in [0.2, 0.25) is 0 Å². The number of nitrogens with one attached hydrogen (secondary N) is 2. The van der Waals surface area contributed by atoms with Gasteiger partial charge in [-0.05, 0) is 0 Å². The standard InChI is InChI=1S/C3H4N4/c4-7-3-1-5-2-6-3/h1-2,4H,(H,5,6). The summed E-state index contributed by atoms with van der Waals surface area (Å²) in [6, 6.07) is 0. The molecule has 0 unspecified atom stereocenters. The number of hydrogen-bond acceptors (Lipinski definition) is 3. The third-order valence-corrected chi connectivity index (χ3v) is 0.604. The zero-order valence-corrected chi connectivity index (χ0v) is 3.55. The van der Waals surface area contributed by atoms with Gasteiger partial charge in [0.15, 0.2) is 5.82 Å². The highest BCUT2D eigenvalue weighted by atomic mass is 15.1. The van der Waals surface area contributed by atoms with Gasteiger partial charge in [-0.2, -0.15) is 0 Å². The third kappa shape index (κ3) is 0.623. The largest absolute Gasteiger partial charge is 0.328 e. The van der Waals surface area contributed by atoms with E-state index in [9.17, 15) is 0 Å². The fourth-order valence-corrected chi connectivity index (χ4v) is 0.310. The highest BCUT2D eigenvalue weighted by Gasteiger charge is 1.81. The molecule has 2 N–H and O–H groups in total. The second-order valence-electron chi connectivity index (χ2n) is 1.05. The van der Waals surface area contributed by atoms with Crippen LogP contribution >= 0.6 is 0 Å². The van der Waals surface area contributed by atoms with Crippen LogP contribution < -0.4 is 0 Å². The van der Waals surface area contributed by atoms with Crippen LogP contribution in [-0.2, 0) is 0 Å². The summed E-state index contributed by atoms with van der Waals surface area (Å²) in [7, 11) is 0. The first kappa shape index (κ1) is 3.98. The molecule has 0 atom stereocenters. The second kappa shape index (κ2) is 1.51. The maximum atomic E-state index is 6.41. The predicted molar refractivity (Wildman–Crippen MR) is 23.4 cm³/mol. The summed E-state index contributed by atoms with van der Waals surface area (Å²) in [5.74, 6) is 0.486. The van der Waals surface area contributed by atoms with Crippen molar-refractivity contribution in [3.63, 3.8) is 0 Å². The van der Waals surface area contributed by atoms with Crippen LogP contribution in [-0.4, -0.2) is 9.97 Å². The lowest BCUT2D eigenvalue weighted by molar-refractivity contribution is 1.11. The summed E-state index contributed by atoms with van der Waals surface area (Å²) in [5, 5.41) is 3.06. The van der Waals surface area contributed by atoms with E-state index >= 15 is 0 Å². The average molecular weight is 96.1 g/mol. The first-order valence-corrected chi connectivity index (χ1v) is 1.79. The van der Waals surface area contributed by atoms with Crippen molar-refractivity contribution >= 4 is 5.82 Å². The van der Waals surface area contributed by atoms with Gasteiger partial charge in [0.1, 0.15) is 0 Å². The minimum absolute atomic E-state index is 0.486. The van der Waals surface area contributed by atoms with Crippen molar-refractivity contribution < 1.29 is 0 Å². The topological polar surface area (TPSA) is 64.9 Å². The van der Waals surface area contributed by atoms with Crippen LogP contribution in [0.25, 0.3) is 0 Å². The van der Waals surface area contributed by atoms with Crippen molar-refractivity contribution in [1.29, 1.82) is 5.53 Å². The number of aromatic nitrogens is 2. The van der Waals surface area contributed by atoms with E-state index in [0.717, 1.165) is 0 Å². The summed E-state index contributed by atoms with van der Waals surface area (Å²) in [4.78, 5) is 6.25. The summed E-state index contributed by atoms with van der Waals surface area (Å²) in [5.41, 5.74) is 6.41. The molecule has 1 aromatic rings. The lowest BCUT2D eigenvalue weighted by atomic mass is 10.8. The van der Waals surface area contributed by atoms with Gasteiger partial charge in [-0.3, -0.25) is 0 Å². The van der Waals surface area contributed by atoms with Crippen molar-refractivity contribution in [2.45, 2.75) is 0 Å². The van der Waals surface area contributed by atoms with E-state index in [2.05, 4.69) is 15.1 Å². The molecule has 0 amide bonds. The Morgan fingerprint density at radius 3 is 3.00 bits per heavy atom. The molecule has 0 fully saturated rings. The number of rotatable bonds is 1. The molecule has 0 radical (unpaired) electrons. The highest BCUT2D eigenvalue weighted by molar-refractivity contribution is 5.18. The van der Waals surface area contributed by atoms with Crippen LogP contribution in [0.3, 0.4) is 0 Å². The Bertz CT molecular complexity index is 142. The van der Waals surface area contributed by atoms with Crippen LogP contribution in [0.5, 0.6) is 0 Å². The smallest absolute Gasteiger partial charge is 0.171 e. The van der Waals surface area contributed by atoms with E-state index in [-0.39, 0.29) is 0 Å². The maximum absolute atomic E-state index is 6.41. The third-order valence-electron chi connectivity index (χ3n) is 0.604. The Kier molecular flexibility index (Phi) is 0.856. The summed E-state index contributed by atoms with van der Waals surface area (Å²) < 4.78 is 0. The minimum Gasteiger partial charge on any atom is -0.328 e. The number of imidazole rings is 1. The quantitative estimate of drug-likeness (QED) is 0.504. The van der Waals surface area contributed by atoms with Crippen LogP contribution in [0, 0.1) is 5.53 Å². The lowest BCUT2D eigenvalue weighted by Gasteiger charge is -1.70. The van der Waals surface area contributed by atoms with Gasteiger partial charge in [0.2, 0.25) is 0 Å². The Morgan fingerprint density at radius 1 is 1.86 bits per heavy atom. The minimum atomic E-state index is 0.486. The van der Waals surface area contributed by atoms with Crippen molar-refractivity contribution in [2.75, 3.05) is 0 Å². The molecule has 0 bridgehead atoms. The molecule has 7 heavy (non-hydrogen) atoms. The molecule has 0 saturated carbocycles. The fourth-order valence-electron chi connectivity index (χ4n) is 0.310. The van der Waals surface area contributed by atoms with Gasteiger partial charge in [0.25, 0.3) is 0 Å². The molecule has 0 aliphatic rings. The van der Waals surface area contributed by atoms with Gasteiger partial charge >= 0.3 is 0 Å². The summed E-state index contributed by atoms with van der Waals surface area (Å²) in [6.07, 6.45) is 2.96. The molecular formula is C3H4N4. The molecular weight excluding hydrogens is 92.1 g/mol. The molecule has 4 heteroatoms. The molecule has 4 nitrogen and oxygen atoms in total. The molecule has 0 aliphatic carbocycles. The summed E-state index contributed by atoms with van der Waals surface area (Å²) >= 11 is 0. The van der Waals surface area contributed by atoms with Crippen LogP contribution in [0.4, 0.5) is 5.82 Å². The SMILES string of the molecule is N=Nc1cnc[nH]1.